The van der Waals surface area contributed by atoms with Crippen LogP contribution in [-0.4, -0.2) is 303 Å². The van der Waals surface area contributed by atoms with Gasteiger partial charge >= 0.3 is 12.1 Å². The summed E-state index contributed by atoms with van der Waals surface area (Å²) in [5.41, 5.74) is 14.4. The Balaban J connectivity index is 1.11. The average Bonchev–Trinajstić information content (AvgIpc) is 1.57. The van der Waals surface area contributed by atoms with E-state index >= 15 is 38.4 Å². The molecule has 17 N–H and O–H groups in total. The van der Waals surface area contributed by atoms with Crippen LogP contribution >= 0.6 is 11.8 Å². The van der Waals surface area contributed by atoms with Gasteiger partial charge in [-0.25, -0.2) is 4.98 Å². The van der Waals surface area contributed by atoms with E-state index in [2.05, 4.69) is 57.2 Å². The third kappa shape index (κ3) is 30.5. The summed E-state index contributed by atoms with van der Waals surface area (Å²) >= 11 is 0.868. The number of phenols is 1. The molecule has 3 aromatic carbocycles. The lowest BCUT2D eigenvalue weighted by Crippen LogP contribution is -2.60. The van der Waals surface area contributed by atoms with Gasteiger partial charge in [-0.05, 0) is 106 Å². The Labute approximate surface area is 787 Å². The van der Waals surface area contributed by atoms with E-state index in [4.69, 9.17) is 11.5 Å². The van der Waals surface area contributed by atoms with Gasteiger partial charge in [0.25, 0.3) is 0 Å². The van der Waals surface area contributed by atoms with Crippen molar-refractivity contribution in [2.45, 2.75) is 242 Å². The van der Waals surface area contributed by atoms with E-state index in [9.17, 15) is 76.4 Å². The highest BCUT2D eigenvalue weighted by atomic mass is 32.2. The molecule has 3 saturated heterocycles. The molecular weight excluding hydrogens is 1790 g/mol. The highest BCUT2D eigenvalue weighted by molar-refractivity contribution is 7.99. The van der Waals surface area contributed by atoms with Crippen LogP contribution in [0.3, 0.4) is 0 Å². The number of imidazole rings is 1. The highest BCUT2D eigenvalue weighted by Gasteiger charge is 2.47. The number of carbonyl (C=O) groups excluding carboxylic acids is 17. The van der Waals surface area contributed by atoms with Gasteiger partial charge in [-0.1, -0.05) is 82.1 Å². The average molecular weight is 1920 g/mol. The highest BCUT2D eigenvalue weighted by Crippen LogP contribution is 2.30. The number of primary amides is 1. The number of carboxylic acids is 1. The molecule has 738 valence electrons. The number of ketones is 4. The number of Topliss-reactive ketones (excluding diaryl/α,β-unsaturated/α-hetero) is 4. The third-order valence-corrected chi connectivity index (χ3v) is 25.8. The van der Waals surface area contributed by atoms with Gasteiger partial charge in [0.2, 0.25) is 76.8 Å². The Morgan fingerprint density at radius 2 is 1.21 bits per heavy atom. The molecule has 3 aromatic heterocycles. The van der Waals surface area contributed by atoms with E-state index in [1.54, 1.807) is 69.3 Å². The number of benzene rings is 3. The van der Waals surface area contributed by atoms with Crippen molar-refractivity contribution >= 4 is 139 Å². The molecule has 3 fully saturated rings. The maximum atomic E-state index is 15.6. The Morgan fingerprint density at radius 1 is 0.625 bits per heavy atom. The molecule has 0 spiro atoms. The normalized spacial score (nSPS) is 24.4. The van der Waals surface area contributed by atoms with Gasteiger partial charge < -0.3 is 108 Å². The lowest BCUT2D eigenvalue weighted by atomic mass is 9.90. The number of amides is 13. The molecule has 0 unspecified atom stereocenters. The number of aliphatic carboxylic acids is 1. The zero-order valence-corrected chi connectivity index (χ0v) is 77.9. The van der Waals surface area contributed by atoms with Gasteiger partial charge in [-0.15, -0.1) is 0 Å². The van der Waals surface area contributed by atoms with E-state index in [1.807, 2.05) is 0 Å². The second-order valence-corrected chi connectivity index (χ2v) is 36.5. The summed E-state index contributed by atoms with van der Waals surface area (Å²) in [6, 6.07) is 1.17. The van der Waals surface area contributed by atoms with E-state index in [0.29, 0.717) is 49.8 Å². The van der Waals surface area contributed by atoms with Crippen LogP contribution in [0.5, 0.6) is 5.75 Å². The Bertz CT molecular complexity index is 5280. The summed E-state index contributed by atoms with van der Waals surface area (Å²) in [6.07, 6.45) is -8.65. The van der Waals surface area contributed by atoms with Crippen LogP contribution < -0.4 is 48.7 Å². The molecule has 14 atom stereocenters. The molecule has 6 heterocycles. The number of aliphatic hydroxyl groups excluding tert-OH is 1. The van der Waals surface area contributed by atoms with Gasteiger partial charge in [0.1, 0.15) is 71.7 Å². The molecule has 9 rings (SSSR count). The van der Waals surface area contributed by atoms with Crippen molar-refractivity contribution in [3.05, 3.63) is 120 Å². The van der Waals surface area contributed by atoms with Gasteiger partial charge in [-0.3, -0.25) is 81.5 Å². The van der Waals surface area contributed by atoms with Crippen molar-refractivity contribution in [2.24, 2.45) is 29.2 Å². The van der Waals surface area contributed by atoms with E-state index in [1.165, 1.54) is 77.1 Å². The number of carbonyl (C=O) groups is 18. The fourth-order valence-corrected chi connectivity index (χ4v) is 18.0. The number of nitrogens with two attached hydrogens (primary N) is 2. The van der Waals surface area contributed by atoms with Crippen LogP contribution in [0.1, 0.15) is 160 Å². The number of aromatic nitrogens is 4. The summed E-state index contributed by atoms with van der Waals surface area (Å²) in [7, 11) is 2.42. The molecule has 3 aliphatic heterocycles. The van der Waals surface area contributed by atoms with Gasteiger partial charge in [0.15, 0.2) is 11.6 Å². The smallest absolute Gasteiger partial charge is 0.390 e. The topological polar surface area (TPSA) is 581 Å². The second-order valence-electron chi connectivity index (χ2n) is 35.5. The van der Waals surface area contributed by atoms with Crippen molar-refractivity contribution in [3.63, 3.8) is 0 Å². The summed E-state index contributed by atoms with van der Waals surface area (Å²) in [6.45, 7) is 4.32. The third-order valence-electron chi connectivity index (χ3n) is 24.6. The SMILES string of the molecule is CCCC[C@H]1C(=O)N[C@@H](CC(C)C)C(=O)C[C@H](C(=O)CCC(C)=O)CSCC(=O)N[C@@H](Cc2ccc(O)cc2)C(=O)N(C)[C@@H](C)C(=O)C[C@@H](CC(N)=O)C(=O)N2CCC[C@H]2C(=O)N[C@@H](Cc2cnc[nH]2)C(=O)N[C@@H](CCC(=O)O)C(=O)N2C[C@H](O)C[C@H]2C(=O)N[C@@H](Cc2c[nH]c3ccccc23)C(=O)N[C@@H](CCN)C(=O)N[C@@H](Cc2c[nH]c3ccccc23)C(=O)N(CCC(F)(F)F)CC(=O)N1C. The van der Waals surface area contributed by atoms with Crippen molar-refractivity contribution < 1.29 is 115 Å². The maximum absolute atomic E-state index is 15.6. The molecule has 136 heavy (non-hydrogen) atoms. The molecule has 3 aliphatic rings. The predicted molar refractivity (Wildman–Crippen MR) is 490 cm³/mol. The van der Waals surface area contributed by atoms with Gasteiger partial charge in [0.05, 0.1) is 49.2 Å². The van der Waals surface area contributed by atoms with Crippen LogP contribution in [0.15, 0.2) is 97.7 Å². The van der Waals surface area contributed by atoms with E-state index < -0.39 is 280 Å². The zero-order chi connectivity index (χ0) is 99.5. The Kier molecular flexibility index (Phi) is 39.3. The fourth-order valence-electron chi connectivity index (χ4n) is 17.0. The number of unbranched alkanes of at least 4 members (excludes halogenated alkanes) is 1. The number of alkyl halides is 3. The number of likely N-dealkylation sites (N-methyl/N-ethyl adjacent to an activating group) is 2. The number of H-pyrrole nitrogens is 3. The first-order valence-electron chi connectivity index (χ1n) is 45.5. The molecule has 0 aliphatic carbocycles. The van der Waals surface area contributed by atoms with Crippen molar-refractivity contribution in [3.8, 4) is 5.75 Å². The summed E-state index contributed by atoms with van der Waals surface area (Å²) in [4.78, 5) is 280. The Hall–Kier alpha value is -12.9. The summed E-state index contributed by atoms with van der Waals surface area (Å²) in [5, 5.41) is 51.3. The fraction of sp³-hybridized carbons (Fsp3) is 0.538. The number of aliphatic hydroxyl groups is 1. The molecule has 39 nitrogen and oxygen atoms in total. The molecule has 0 radical (unpaired) electrons. The number of nitrogens with one attached hydrogen (secondary N) is 10. The number of aromatic hydroxyl groups is 1. The summed E-state index contributed by atoms with van der Waals surface area (Å²) < 4.78 is 44.1. The number of rotatable bonds is 26. The molecule has 0 bridgehead atoms. The van der Waals surface area contributed by atoms with E-state index in [-0.39, 0.29) is 99.8 Å². The quantitative estimate of drug-likeness (QED) is 0.0370. The number of halogens is 3. The number of phenolic OH excluding ortho intramolecular Hbond substituents is 1. The molecule has 6 aromatic rings. The second kappa shape index (κ2) is 50.1. The predicted octanol–water partition coefficient (Wildman–Crippen LogP) is 2.31. The number of para-hydroxylation sites is 2. The minimum atomic E-state index is -4.98. The van der Waals surface area contributed by atoms with Crippen LogP contribution in [0, 0.1) is 17.8 Å². The van der Waals surface area contributed by atoms with Gasteiger partial charge in [-0.2, -0.15) is 24.9 Å². The van der Waals surface area contributed by atoms with Crippen molar-refractivity contribution in [1.82, 2.24) is 81.7 Å². The number of hydrogen-bond acceptors (Lipinski definition) is 23. The molecule has 13 amide bonds. The van der Waals surface area contributed by atoms with Crippen LogP contribution in [0.4, 0.5) is 13.2 Å². The number of thioether (sulfide) groups is 1. The van der Waals surface area contributed by atoms with Gasteiger partial charge in [0, 0.05) is 162 Å². The largest absolute Gasteiger partial charge is 0.508 e. The minimum Gasteiger partial charge on any atom is -0.508 e. The number of carboxylic acid groups (broad SMARTS) is 1. The number of nitrogens with zero attached hydrogens (tertiary/aromatic N) is 6. The molecular formula is C93H123F3N18O21S. The first-order chi connectivity index (χ1) is 64.5. The minimum absolute atomic E-state index is 0.0548. The lowest BCUT2D eigenvalue weighted by molar-refractivity contribution is -0.153. The maximum Gasteiger partial charge on any atom is 0.390 e. The first-order valence-corrected chi connectivity index (χ1v) is 46.7. The van der Waals surface area contributed by atoms with Crippen LogP contribution in [0.2, 0.25) is 0 Å². The molecule has 43 heteroatoms. The number of aromatic amines is 3. The van der Waals surface area contributed by atoms with Crippen molar-refractivity contribution in [2.75, 3.05) is 58.3 Å². The number of fused-ring (bicyclic) bond motifs is 4. The summed E-state index contributed by atoms with van der Waals surface area (Å²) in [5.74, 6) is -21.4. The van der Waals surface area contributed by atoms with Crippen LogP contribution in [0.25, 0.3) is 21.8 Å². The number of hydrogen-bond donors (Lipinski definition) is 15. The molecule has 0 saturated carbocycles. The zero-order valence-electron chi connectivity index (χ0n) is 77.1. The lowest BCUT2D eigenvalue weighted by Gasteiger charge is -2.33. The first kappa shape index (κ1) is 107. The monoisotopic (exact) mass is 1920 g/mol. The standard InChI is InChI=1S/C93H123F3N18O21S/c1-8-9-19-73-86(129)106-68(34-51(2)3)78(120)39-58(76(118)27-21-52(4)115)48-136-49-80(122)103-71(35-54-22-24-60(116)25-23-54)90(133)110(6)53(5)77(119)38-55(40-79(98)121)89(132)113-32-14-20-74(113)87(130)108-70(41-59-45-99-50-102-59)85(128)105-67(26-28-82(124)125)92(135)114-46-61(117)42-75(114)88(131)107-69(36-56-43-100-64-17-12-10-15-62(56)64)84(127)104-66(29-31-97)83(126)109-72(37-57-44-101-65-18-13-11-16-63(57)65)91(134)112(33-30-93(94,95)96)47-81(123)111(73)7/h10-13,15-18,22-25,43-45,50-51,53,55,58,61,66-75,100-101,116-117H,8-9,14,19-21,26-42,46-49,97H2,1-7H3,(H2,98,121)(H,99,102)(H,103,122)(H,104,127)(H,105,128)(H,106,129)(H,107,131)(H,108,130)(H,109,126)(H,124,125)/t53-,55-,58-,61+,66-,67-,68-,69-,70-,71-,72-,73-,74-,75-/m0/s1. The van der Waals surface area contributed by atoms with Crippen molar-refractivity contribution in [1.29, 1.82) is 0 Å². The van der Waals surface area contributed by atoms with Crippen LogP contribution in [-0.2, 0) is 112 Å². The Morgan fingerprint density at radius 3 is 1.81 bits per heavy atom. The van der Waals surface area contributed by atoms with E-state index in [0.717, 1.165) is 31.4 Å².